The lowest BCUT2D eigenvalue weighted by molar-refractivity contribution is -0.608. The molecule has 12 heteroatoms. The lowest BCUT2D eigenvalue weighted by Gasteiger charge is -2.30. The van der Waals surface area contributed by atoms with Gasteiger partial charge in [0.15, 0.2) is 15.7 Å². The number of anilines is 2. The molecule has 37 heavy (non-hydrogen) atoms. The Hall–Kier alpha value is -3.51. The maximum atomic E-state index is 12.6. The molecular weight excluding hydrogens is 492 g/mol. The first kappa shape index (κ1) is 25.2. The number of quaternary nitrogens is 1. The number of carbonyl (C=O) groups excluding carboxylic acids is 1. The molecule has 2 aliphatic carbocycles. The van der Waals surface area contributed by atoms with E-state index in [9.17, 15) is 13.2 Å². The second kappa shape index (κ2) is 10.5. The Morgan fingerprint density at radius 1 is 1.00 bits per heavy atom. The topological polar surface area (TPSA) is 154 Å². The molecule has 1 aliphatic heterocycles. The van der Waals surface area contributed by atoms with Gasteiger partial charge in [0.05, 0.1) is 4.90 Å². The Morgan fingerprint density at radius 3 is 2.46 bits per heavy atom. The largest absolute Gasteiger partial charge is 0.351 e. The van der Waals surface area contributed by atoms with Gasteiger partial charge in [-0.1, -0.05) is 11.2 Å². The summed E-state index contributed by atoms with van der Waals surface area (Å²) in [5.74, 6) is 2.01. The van der Waals surface area contributed by atoms with Crippen LogP contribution in [-0.4, -0.2) is 54.6 Å². The molecule has 0 saturated heterocycles. The average Bonchev–Trinajstić information content (AvgIpc) is 3.44. The molecule has 1 aromatic carbocycles. The molecule has 2 amide bonds. The molecule has 5 rings (SSSR count). The number of rotatable bonds is 6. The lowest BCUT2D eigenvalue weighted by atomic mass is 9.91. The summed E-state index contributed by atoms with van der Waals surface area (Å²) in [6.07, 6.45) is 9.76. The summed E-state index contributed by atoms with van der Waals surface area (Å²) in [7, 11) is -3.24. The van der Waals surface area contributed by atoms with Crippen LogP contribution in [0.15, 0.2) is 52.2 Å². The van der Waals surface area contributed by atoms with Crippen LogP contribution in [0.4, 0.5) is 16.6 Å². The van der Waals surface area contributed by atoms with E-state index in [1.165, 1.54) is 6.26 Å². The highest BCUT2D eigenvalue weighted by atomic mass is 32.2. The zero-order valence-corrected chi connectivity index (χ0v) is 21.8. The van der Waals surface area contributed by atoms with Gasteiger partial charge in [-0.15, -0.1) is 0 Å². The first-order chi connectivity index (χ1) is 17.7. The molecule has 2 heterocycles. The Balaban J connectivity index is 1.06. The number of nitrogens with one attached hydrogen (secondary N) is 4. The normalized spacial score (nSPS) is 23.0. The van der Waals surface area contributed by atoms with E-state index in [-0.39, 0.29) is 24.2 Å². The van der Waals surface area contributed by atoms with Crippen molar-refractivity contribution in [3.63, 3.8) is 0 Å². The van der Waals surface area contributed by atoms with Crippen molar-refractivity contribution in [2.75, 3.05) is 16.9 Å². The molecule has 0 spiro atoms. The summed E-state index contributed by atoms with van der Waals surface area (Å²) in [6.45, 7) is 1.99. The van der Waals surface area contributed by atoms with E-state index in [2.05, 4.69) is 36.3 Å². The highest BCUT2D eigenvalue weighted by molar-refractivity contribution is 7.90. The average molecular weight is 526 g/mol. The smallest absolute Gasteiger partial charge is 0.315 e. The maximum absolute atomic E-state index is 12.6. The van der Waals surface area contributed by atoms with Crippen molar-refractivity contribution in [3.05, 3.63) is 53.4 Å². The van der Waals surface area contributed by atoms with Crippen molar-refractivity contribution >= 4 is 33.5 Å². The minimum atomic E-state index is -3.24. The molecule has 1 saturated carbocycles. The van der Waals surface area contributed by atoms with E-state index in [0.29, 0.717) is 29.5 Å². The molecule has 196 valence electrons. The van der Waals surface area contributed by atoms with Gasteiger partial charge in [-0.05, 0) is 67.9 Å². The fourth-order valence-corrected chi connectivity index (χ4v) is 5.73. The molecule has 1 atom stereocenters. The molecule has 11 nitrogen and oxygen atoms in total. The second-order valence-corrected chi connectivity index (χ2v) is 12.1. The SMILES string of the molecule is CC1=CC(Nc2ccnc(NC3CCC(NC(=O)NC4Cc5ccc(S(C)(=O)=O)cc5C4)CC3)n2)=N[NH2+]1. The zero-order chi connectivity index (χ0) is 26.0. The Labute approximate surface area is 216 Å². The van der Waals surface area contributed by atoms with Crippen LogP contribution in [0.25, 0.3) is 0 Å². The van der Waals surface area contributed by atoms with Crippen LogP contribution in [-0.2, 0) is 22.7 Å². The number of fused-ring (bicyclic) bond motifs is 1. The van der Waals surface area contributed by atoms with Crippen LogP contribution in [0.1, 0.15) is 43.7 Å². The van der Waals surface area contributed by atoms with E-state index in [1.54, 1.807) is 23.8 Å². The van der Waals surface area contributed by atoms with Crippen molar-refractivity contribution in [2.24, 2.45) is 5.10 Å². The minimum absolute atomic E-state index is 0.0339. The number of benzene rings is 1. The van der Waals surface area contributed by atoms with E-state index in [0.717, 1.165) is 48.3 Å². The Kier molecular flexibility index (Phi) is 7.11. The maximum Gasteiger partial charge on any atom is 0.315 e. The van der Waals surface area contributed by atoms with Gasteiger partial charge in [-0.25, -0.2) is 18.2 Å². The third kappa shape index (κ3) is 6.44. The summed E-state index contributed by atoms with van der Waals surface area (Å²) in [5, 5.41) is 17.1. The fourth-order valence-electron chi connectivity index (χ4n) is 5.06. The van der Waals surface area contributed by atoms with Crippen LogP contribution in [0.2, 0.25) is 0 Å². The van der Waals surface area contributed by atoms with Crippen molar-refractivity contribution in [1.29, 1.82) is 0 Å². The summed E-state index contributed by atoms with van der Waals surface area (Å²) < 4.78 is 23.7. The van der Waals surface area contributed by atoms with E-state index in [4.69, 9.17) is 0 Å². The third-order valence-electron chi connectivity index (χ3n) is 6.95. The molecule has 1 unspecified atom stereocenters. The number of hydrogen-bond acceptors (Lipinski definition) is 8. The highest BCUT2D eigenvalue weighted by Gasteiger charge is 2.27. The number of urea groups is 1. The number of nitrogens with two attached hydrogens (primary N) is 1. The van der Waals surface area contributed by atoms with Gasteiger partial charge in [-0.2, -0.15) is 10.4 Å². The van der Waals surface area contributed by atoms with Gasteiger partial charge in [0, 0.05) is 43.6 Å². The van der Waals surface area contributed by atoms with Crippen LogP contribution in [0.3, 0.4) is 0 Å². The first-order valence-corrected chi connectivity index (χ1v) is 14.5. The molecule has 1 fully saturated rings. The molecule has 3 aliphatic rings. The Bertz CT molecular complexity index is 1350. The molecule has 0 bridgehead atoms. The van der Waals surface area contributed by atoms with Gasteiger partial charge in [0.1, 0.15) is 11.5 Å². The molecule has 0 radical (unpaired) electrons. The number of amides is 2. The minimum Gasteiger partial charge on any atom is -0.351 e. The number of allylic oxidation sites excluding steroid dienone is 1. The number of nitrogens with zero attached hydrogens (tertiary/aromatic N) is 3. The first-order valence-electron chi connectivity index (χ1n) is 12.6. The molecule has 2 aromatic rings. The van der Waals surface area contributed by atoms with Gasteiger partial charge in [-0.3, -0.25) is 0 Å². The summed E-state index contributed by atoms with van der Waals surface area (Å²) in [5.41, 5.74) is 4.97. The van der Waals surface area contributed by atoms with Crippen molar-refractivity contribution in [2.45, 2.75) is 68.5 Å². The predicted octanol–water partition coefficient (Wildman–Crippen LogP) is 1.28. The van der Waals surface area contributed by atoms with E-state index < -0.39 is 9.84 Å². The Morgan fingerprint density at radius 2 is 1.73 bits per heavy atom. The van der Waals surface area contributed by atoms with Gasteiger partial charge >= 0.3 is 6.03 Å². The second-order valence-electron chi connectivity index (χ2n) is 10.0. The predicted molar refractivity (Wildman–Crippen MR) is 141 cm³/mol. The number of hydrogen-bond donors (Lipinski definition) is 5. The molecule has 1 aromatic heterocycles. The highest BCUT2D eigenvalue weighted by Crippen LogP contribution is 2.26. The summed E-state index contributed by atoms with van der Waals surface area (Å²) in [4.78, 5) is 21.9. The number of amidine groups is 1. The van der Waals surface area contributed by atoms with Gasteiger partial charge in [0.2, 0.25) is 5.95 Å². The number of aromatic nitrogens is 2. The van der Waals surface area contributed by atoms with E-state index >= 15 is 0 Å². The van der Waals surface area contributed by atoms with E-state index in [1.807, 2.05) is 25.1 Å². The third-order valence-corrected chi connectivity index (χ3v) is 8.06. The van der Waals surface area contributed by atoms with Crippen molar-refractivity contribution in [3.8, 4) is 0 Å². The lowest BCUT2D eigenvalue weighted by Crippen LogP contribution is -2.73. The van der Waals surface area contributed by atoms with Crippen LogP contribution in [0, 0.1) is 0 Å². The van der Waals surface area contributed by atoms with Crippen LogP contribution >= 0.6 is 0 Å². The molecule has 6 N–H and O–H groups in total. The quantitative estimate of drug-likeness (QED) is 0.356. The van der Waals surface area contributed by atoms with Crippen molar-refractivity contribution < 1.29 is 18.6 Å². The van der Waals surface area contributed by atoms with Gasteiger partial charge < -0.3 is 21.3 Å². The summed E-state index contributed by atoms with van der Waals surface area (Å²) in [6, 6.07) is 7.18. The van der Waals surface area contributed by atoms with Crippen LogP contribution < -0.4 is 26.7 Å². The van der Waals surface area contributed by atoms with Crippen LogP contribution in [0.5, 0.6) is 0 Å². The monoisotopic (exact) mass is 525 g/mol. The fraction of sp³-hybridized carbons (Fsp3) is 0.440. The van der Waals surface area contributed by atoms with Crippen molar-refractivity contribution in [1.82, 2.24) is 20.6 Å². The van der Waals surface area contributed by atoms with Gasteiger partial charge in [0.25, 0.3) is 0 Å². The molecular formula is C25H33N8O3S+. The number of sulfone groups is 1. The zero-order valence-electron chi connectivity index (χ0n) is 21.0. The summed E-state index contributed by atoms with van der Waals surface area (Å²) >= 11 is 0. The number of carbonyl (C=O) groups is 1. The standard InChI is InChI=1S/C25H32N8O3S/c1-15-11-23(33-32-15)30-22-9-10-26-24(31-22)27-18-4-6-19(7-5-18)28-25(34)29-20-12-16-3-8-21(37(2,35)36)14-17(16)13-20/h3,8-11,14,18-20H,4-7,12-13H2,1-2H3,(H2,28,29,34)(H3,26,27,30,31,32,33)/p+1.